The molecule has 0 radical (unpaired) electrons. The van der Waals surface area contributed by atoms with Gasteiger partial charge >= 0.3 is 0 Å². The summed E-state index contributed by atoms with van der Waals surface area (Å²) in [5.74, 6) is 0.291. The van der Waals surface area contributed by atoms with Crippen LogP contribution in [0.2, 0.25) is 0 Å². The summed E-state index contributed by atoms with van der Waals surface area (Å²) in [6.45, 7) is 0.525. The van der Waals surface area contributed by atoms with Gasteiger partial charge in [-0.1, -0.05) is 0 Å². The molecule has 0 bridgehead atoms. The first-order valence-corrected chi connectivity index (χ1v) is 7.75. The minimum absolute atomic E-state index is 0.135. The van der Waals surface area contributed by atoms with Gasteiger partial charge in [0.1, 0.15) is 5.82 Å². The van der Waals surface area contributed by atoms with E-state index in [4.69, 9.17) is 0 Å². The van der Waals surface area contributed by atoms with Crippen LogP contribution in [0.1, 0.15) is 25.7 Å². The molecule has 0 saturated heterocycles. The van der Waals surface area contributed by atoms with E-state index >= 15 is 0 Å². The number of hydrogen-bond donors (Lipinski definition) is 1. The Labute approximate surface area is 106 Å². The predicted octanol–water partition coefficient (Wildman–Crippen LogP) is 2.29. The lowest BCUT2D eigenvalue weighted by Crippen LogP contribution is -2.31. The highest BCUT2D eigenvalue weighted by molar-refractivity contribution is 7.89. The van der Waals surface area contributed by atoms with Gasteiger partial charge in [-0.3, -0.25) is 0 Å². The minimum Gasteiger partial charge on any atom is -0.211 e. The van der Waals surface area contributed by atoms with Crippen LogP contribution < -0.4 is 4.72 Å². The van der Waals surface area contributed by atoms with Crippen LogP contribution in [-0.4, -0.2) is 15.0 Å². The standard InChI is InChI=1S/C13H16FNO2S/c14-11-3-5-12(6-4-11)18(16,17)15-9-13(7-8-13)10-1-2-10/h3-6,10,15H,1-2,7-9H2. The van der Waals surface area contributed by atoms with Crippen LogP contribution in [0, 0.1) is 17.2 Å². The Morgan fingerprint density at radius 1 is 1.22 bits per heavy atom. The number of halogens is 1. The van der Waals surface area contributed by atoms with Crippen LogP contribution in [0.4, 0.5) is 4.39 Å². The molecule has 3 nitrogen and oxygen atoms in total. The Morgan fingerprint density at radius 2 is 1.83 bits per heavy atom. The summed E-state index contributed by atoms with van der Waals surface area (Å²) in [5.41, 5.74) is 0.229. The van der Waals surface area contributed by atoms with Gasteiger partial charge in [0.05, 0.1) is 4.90 Å². The van der Waals surface area contributed by atoms with Gasteiger partial charge in [-0.25, -0.2) is 17.5 Å². The molecule has 3 rings (SSSR count). The lowest BCUT2D eigenvalue weighted by atomic mass is 10.0. The van der Waals surface area contributed by atoms with E-state index in [0.717, 1.165) is 12.8 Å². The molecular weight excluding hydrogens is 253 g/mol. The molecule has 18 heavy (non-hydrogen) atoms. The maximum atomic E-state index is 12.8. The second-order valence-electron chi connectivity index (χ2n) is 5.42. The Kier molecular flexibility index (Phi) is 2.71. The van der Waals surface area contributed by atoms with Gasteiger partial charge in [-0.15, -0.1) is 0 Å². The van der Waals surface area contributed by atoms with Gasteiger partial charge < -0.3 is 0 Å². The summed E-state index contributed by atoms with van der Waals surface area (Å²) in [4.78, 5) is 0.135. The normalized spacial score (nSPS) is 21.8. The summed E-state index contributed by atoms with van der Waals surface area (Å²) < 4.78 is 39.5. The lowest BCUT2D eigenvalue weighted by Gasteiger charge is -2.15. The van der Waals surface area contributed by atoms with E-state index in [-0.39, 0.29) is 10.3 Å². The Bertz CT molecular complexity index is 545. The van der Waals surface area contributed by atoms with Gasteiger partial charge in [0.25, 0.3) is 0 Å². The van der Waals surface area contributed by atoms with E-state index < -0.39 is 15.8 Å². The molecule has 2 fully saturated rings. The van der Waals surface area contributed by atoms with Gasteiger partial charge in [0, 0.05) is 6.54 Å². The second-order valence-corrected chi connectivity index (χ2v) is 7.18. The zero-order valence-electron chi connectivity index (χ0n) is 10.0. The first-order chi connectivity index (χ1) is 8.52. The molecule has 0 aliphatic heterocycles. The SMILES string of the molecule is O=S(=O)(NCC1(C2CC2)CC1)c1ccc(F)cc1. The maximum absolute atomic E-state index is 12.8. The number of nitrogens with one attached hydrogen (secondary N) is 1. The molecule has 2 saturated carbocycles. The quantitative estimate of drug-likeness (QED) is 0.891. The fourth-order valence-corrected chi connectivity index (χ4v) is 3.66. The van der Waals surface area contributed by atoms with Crippen molar-refractivity contribution in [2.75, 3.05) is 6.54 Å². The van der Waals surface area contributed by atoms with E-state index in [0.29, 0.717) is 12.5 Å². The number of sulfonamides is 1. The zero-order chi connectivity index (χ0) is 12.8. The molecular formula is C13H16FNO2S. The average Bonchev–Trinajstić information content (AvgIpc) is 3.19. The highest BCUT2D eigenvalue weighted by Crippen LogP contribution is 2.60. The van der Waals surface area contributed by atoms with Crippen molar-refractivity contribution in [3.8, 4) is 0 Å². The molecule has 2 aliphatic carbocycles. The van der Waals surface area contributed by atoms with Crippen molar-refractivity contribution in [1.82, 2.24) is 4.72 Å². The highest BCUT2D eigenvalue weighted by Gasteiger charge is 2.53. The van der Waals surface area contributed by atoms with Crippen molar-refractivity contribution in [2.24, 2.45) is 11.3 Å². The predicted molar refractivity (Wildman–Crippen MR) is 66.0 cm³/mol. The molecule has 0 unspecified atom stereocenters. The van der Waals surface area contributed by atoms with Crippen LogP contribution in [0.5, 0.6) is 0 Å². The van der Waals surface area contributed by atoms with Crippen LogP contribution in [-0.2, 0) is 10.0 Å². The summed E-state index contributed by atoms with van der Waals surface area (Å²) in [5, 5.41) is 0. The first-order valence-electron chi connectivity index (χ1n) is 6.27. The van der Waals surface area contributed by atoms with Gasteiger partial charge in [0.2, 0.25) is 10.0 Å². The minimum atomic E-state index is -3.49. The third kappa shape index (κ3) is 2.29. The van der Waals surface area contributed by atoms with Gasteiger partial charge in [-0.2, -0.15) is 0 Å². The molecule has 0 heterocycles. The number of hydrogen-bond acceptors (Lipinski definition) is 2. The lowest BCUT2D eigenvalue weighted by molar-refractivity contribution is 0.432. The topological polar surface area (TPSA) is 46.2 Å². The van der Waals surface area contributed by atoms with Gasteiger partial charge in [0.15, 0.2) is 0 Å². The second kappa shape index (κ2) is 4.03. The van der Waals surface area contributed by atoms with Crippen LogP contribution in [0.25, 0.3) is 0 Å². The van der Waals surface area contributed by atoms with Crippen molar-refractivity contribution >= 4 is 10.0 Å². The van der Waals surface area contributed by atoms with Crippen molar-refractivity contribution in [3.05, 3.63) is 30.1 Å². The van der Waals surface area contributed by atoms with Crippen LogP contribution in [0.3, 0.4) is 0 Å². The molecule has 0 atom stereocenters. The molecule has 1 aromatic carbocycles. The Morgan fingerprint density at radius 3 is 2.33 bits per heavy atom. The molecule has 98 valence electrons. The number of rotatable bonds is 5. The fraction of sp³-hybridized carbons (Fsp3) is 0.538. The Hall–Kier alpha value is -0.940. The summed E-state index contributed by atoms with van der Waals surface area (Å²) in [6, 6.07) is 4.94. The van der Waals surface area contributed by atoms with E-state index in [1.807, 2.05) is 0 Å². The molecule has 2 aliphatic rings. The first kappa shape index (κ1) is 12.1. The Balaban J connectivity index is 1.69. The van der Waals surface area contributed by atoms with Gasteiger partial charge in [-0.05, 0) is 61.3 Å². The number of benzene rings is 1. The van der Waals surface area contributed by atoms with E-state index in [9.17, 15) is 12.8 Å². The molecule has 1 aromatic rings. The van der Waals surface area contributed by atoms with Crippen molar-refractivity contribution < 1.29 is 12.8 Å². The van der Waals surface area contributed by atoms with E-state index in [2.05, 4.69) is 4.72 Å². The summed E-state index contributed by atoms with van der Waals surface area (Å²) >= 11 is 0. The molecule has 0 spiro atoms. The van der Waals surface area contributed by atoms with Crippen LogP contribution >= 0.6 is 0 Å². The summed E-state index contributed by atoms with van der Waals surface area (Å²) in [6.07, 6.45) is 4.73. The van der Waals surface area contributed by atoms with Crippen molar-refractivity contribution in [2.45, 2.75) is 30.6 Å². The molecule has 5 heteroatoms. The monoisotopic (exact) mass is 269 g/mol. The third-order valence-corrected chi connectivity index (χ3v) is 5.49. The maximum Gasteiger partial charge on any atom is 0.240 e. The smallest absolute Gasteiger partial charge is 0.211 e. The third-order valence-electron chi connectivity index (χ3n) is 4.07. The zero-order valence-corrected chi connectivity index (χ0v) is 10.8. The molecule has 0 amide bonds. The highest BCUT2D eigenvalue weighted by atomic mass is 32.2. The largest absolute Gasteiger partial charge is 0.240 e. The molecule has 1 N–H and O–H groups in total. The van der Waals surface area contributed by atoms with Crippen LogP contribution in [0.15, 0.2) is 29.2 Å². The average molecular weight is 269 g/mol. The molecule has 0 aromatic heterocycles. The van der Waals surface area contributed by atoms with E-state index in [1.165, 1.54) is 37.1 Å². The fourth-order valence-electron chi connectivity index (χ4n) is 2.52. The van der Waals surface area contributed by atoms with Crippen molar-refractivity contribution in [1.29, 1.82) is 0 Å². The summed E-state index contributed by atoms with van der Waals surface area (Å²) in [7, 11) is -3.49. The van der Waals surface area contributed by atoms with E-state index in [1.54, 1.807) is 0 Å². The van der Waals surface area contributed by atoms with Crippen molar-refractivity contribution in [3.63, 3.8) is 0 Å².